The van der Waals surface area contributed by atoms with Gasteiger partial charge in [0.1, 0.15) is 0 Å². The van der Waals surface area contributed by atoms with Gasteiger partial charge in [-0.3, -0.25) is 4.79 Å². The number of aromatic nitrogens is 1. The van der Waals surface area contributed by atoms with Gasteiger partial charge in [-0.15, -0.1) is 0 Å². The number of halogens is 3. The van der Waals surface area contributed by atoms with Crippen molar-refractivity contribution in [2.45, 2.75) is 76.8 Å². The van der Waals surface area contributed by atoms with Crippen molar-refractivity contribution in [2.75, 3.05) is 0 Å². The third kappa shape index (κ3) is 9.36. The molecule has 2 heterocycles. The summed E-state index contributed by atoms with van der Waals surface area (Å²) in [5, 5.41) is 13.2. The van der Waals surface area contributed by atoms with E-state index in [1.165, 1.54) is 16.7 Å². The third-order valence-electron chi connectivity index (χ3n) is 8.39. The zero-order valence-electron chi connectivity index (χ0n) is 28.0. The van der Waals surface area contributed by atoms with Crippen LogP contribution in [0.1, 0.15) is 52.0 Å². The third-order valence-corrected chi connectivity index (χ3v) is 12.6. The summed E-state index contributed by atoms with van der Waals surface area (Å²) in [5.41, 5.74) is 5.86. The topological polar surface area (TPSA) is 63.3 Å². The molecule has 0 saturated carbocycles. The summed E-state index contributed by atoms with van der Waals surface area (Å²) < 4.78 is 44.5. The second-order valence-electron chi connectivity index (χ2n) is 12.9. The maximum Gasteiger partial charge on any atom is 0 e. The van der Waals surface area contributed by atoms with Gasteiger partial charge in [0.25, 0.3) is 0 Å². The van der Waals surface area contributed by atoms with Gasteiger partial charge in [-0.2, -0.15) is 13.2 Å². The van der Waals surface area contributed by atoms with Crippen LogP contribution in [0.25, 0.3) is 44.1 Å². The van der Waals surface area contributed by atoms with Crippen molar-refractivity contribution in [3.8, 4) is 11.3 Å². The van der Waals surface area contributed by atoms with E-state index in [-0.39, 0.29) is 38.2 Å². The van der Waals surface area contributed by atoms with Crippen LogP contribution in [-0.2, 0) is 24.9 Å². The van der Waals surface area contributed by atoms with Crippen LogP contribution in [0.5, 0.6) is 0 Å². The Labute approximate surface area is 291 Å². The molecular formula is C38H43F3GeIrNO3-. The van der Waals surface area contributed by atoms with Gasteiger partial charge >= 0.3 is 174 Å². The quantitative estimate of drug-likeness (QED) is 0.0693. The van der Waals surface area contributed by atoms with Gasteiger partial charge in [0.05, 0.1) is 12.2 Å². The number of aliphatic hydroxyl groups is 1. The maximum absolute atomic E-state index is 12.2. The summed E-state index contributed by atoms with van der Waals surface area (Å²) in [6.45, 7) is 7.34. The van der Waals surface area contributed by atoms with E-state index >= 15 is 0 Å². The largest absolute Gasteiger partial charge is 0 e. The second-order valence-corrected chi connectivity index (χ2v) is 23.5. The number of ketones is 1. The first-order chi connectivity index (χ1) is 21.7. The van der Waals surface area contributed by atoms with Crippen LogP contribution >= 0.6 is 0 Å². The number of furan rings is 1. The van der Waals surface area contributed by atoms with E-state index < -0.39 is 37.6 Å². The molecule has 0 saturated heterocycles. The molecule has 1 radical (unpaired) electrons. The number of benzene rings is 3. The summed E-state index contributed by atoms with van der Waals surface area (Å²) in [6, 6.07) is 24.7. The molecule has 0 spiro atoms. The molecule has 0 bridgehead atoms. The summed E-state index contributed by atoms with van der Waals surface area (Å²) in [6.07, 6.45) is -3.09. The maximum atomic E-state index is 12.2. The molecule has 253 valence electrons. The Hall–Kier alpha value is -2.94. The Balaban J connectivity index is 0.000000278. The number of carbonyl (C=O) groups excluding carboxylic acids is 1. The predicted molar refractivity (Wildman–Crippen MR) is 185 cm³/mol. The fourth-order valence-electron chi connectivity index (χ4n) is 5.82. The van der Waals surface area contributed by atoms with Crippen molar-refractivity contribution < 1.29 is 47.6 Å². The normalized spacial score (nSPS) is 13.0. The van der Waals surface area contributed by atoms with Crippen molar-refractivity contribution in [1.82, 2.24) is 4.98 Å². The molecule has 0 aliphatic heterocycles. The molecule has 0 fully saturated rings. The number of alkyl halides is 3. The van der Waals surface area contributed by atoms with E-state index in [0.29, 0.717) is 12.8 Å². The van der Waals surface area contributed by atoms with Gasteiger partial charge in [0, 0.05) is 38.0 Å². The molecule has 1 N–H and O–H groups in total. The van der Waals surface area contributed by atoms with Gasteiger partial charge in [0.2, 0.25) is 0 Å². The fraction of sp³-hybridized carbons (Fsp3) is 0.368. The van der Waals surface area contributed by atoms with Crippen LogP contribution in [0.15, 0.2) is 76.9 Å². The molecule has 0 amide bonds. The number of para-hydroxylation sites is 2. The molecule has 5 aromatic rings. The molecule has 4 nitrogen and oxygen atoms in total. The summed E-state index contributed by atoms with van der Waals surface area (Å²) in [7, 11) is 0. The van der Waals surface area contributed by atoms with Crippen molar-refractivity contribution in [3.63, 3.8) is 0 Å². The Morgan fingerprint density at radius 1 is 0.936 bits per heavy atom. The van der Waals surface area contributed by atoms with Gasteiger partial charge < -0.3 is 5.11 Å². The van der Waals surface area contributed by atoms with E-state index in [0.717, 1.165) is 50.4 Å². The van der Waals surface area contributed by atoms with E-state index in [1.807, 2.05) is 26.0 Å². The minimum Gasteiger partial charge on any atom is 0 e. The fourth-order valence-corrected chi connectivity index (χ4v) is 9.15. The van der Waals surface area contributed by atoms with Crippen molar-refractivity contribution in [1.29, 1.82) is 0 Å². The number of fused-ring (bicyclic) bond motifs is 4. The Morgan fingerprint density at radius 3 is 2.13 bits per heavy atom. The van der Waals surface area contributed by atoms with Crippen LogP contribution in [0.3, 0.4) is 0 Å². The monoisotopic (exact) mass is 885 g/mol. The van der Waals surface area contributed by atoms with Crippen molar-refractivity contribution >= 4 is 56.3 Å². The SMILES string of the molecule is CCC(CC(F)(F)F)C(=O)/C=C(\O)C(CC)CC.Cc1[c-]c(-c2c[c]([Ge]([CH3])([CH3])[CH3])c3ccccc3n2)c2oc3ccccc3c2c1.[Ir]. The molecule has 3 aromatic carbocycles. The van der Waals surface area contributed by atoms with Gasteiger partial charge in [0.15, 0.2) is 5.78 Å². The van der Waals surface area contributed by atoms with E-state index in [4.69, 9.17) is 9.40 Å². The average Bonchev–Trinajstić information content (AvgIpc) is 3.37. The van der Waals surface area contributed by atoms with Gasteiger partial charge in [-0.05, 0) is 19.3 Å². The summed E-state index contributed by atoms with van der Waals surface area (Å²) in [4.78, 5) is 16.7. The van der Waals surface area contributed by atoms with Crippen molar-refractivity contribution in [2.24, 2.45) is 11.8 Å². The number of carbonyl (C=O) groups is 1. The molecule has 1 atom stereocenters. The minimum atomic E-state index is -4.35. The number of rotatable bonds is 9. The Morgan fingerprint density at radius 2 is 1.53 bits per heavy atom. The molecule has 9 heteroatoms. The number of hydrogen-bond acceptors (Lipinski definition) is 4. The first-order valence-corrected chi connectivity index (χ1v) is 23.3. The zero-order chi connectivity index (χ0) is 33.8. The van der Waals surface area contributed by atoms with Gasteiger partial charge in [-0.25, -0.2) is 0 Å². The number of aryl methyl sites for hydroxylation is 1. The van der Waals surface area contributed by atoms with Crippen LogP contribution in [0.4, 0.5) is 13.2 Å². The van der Waals surface area contributed by atoms with E-state index in [1.54, 1.807) is 0 Å². The Kier molecular flexibility index (Phi) is 13.1. The Bertz CT molecular complexity index is 1870. The molecule has 2 aromatic heterocycles. The first kappa shape index (κ1) is 38.5. The van der Waals surface area contributed by atoms with E-state index in [2.05, 4.69) is 78.8 Å². The molecule has 47 heavy (non-hydrogen) atoms. The number of hydrogen-bond donors (Lipinski definition) is 1. The average molecular weight is 884 g/mol. The second kappa shape index (κ2) is 16.0. The summed E-state index contributed by atoms with van der Waals surface area (Å²) >= 11 is -2.11. The van der Waals surface area contributed by atoms with Crippen molar-refractivity contribution in [3.05, 3.63) is 84.1 Å². The number of aliphatic hydroxyl groups excluding tert-OH is 1. The molecule has 0 aliphatic rings. The van der Waals surface area contributed by atoms with Gasteiger partial charge in [-0.1, -0.05) is 20.8 Å². The molecule has 0 aliphatic carbocycles. The smallest absolute Gasteiger partial charge is 0 e. The van der Waals surface area contributed by atoms with Crippen LogP contribution in [0, 0.1) is 24.8 Å². The van der Waals surface area contributed by atoms with Crippen LogP contribution in [-0.4, -0.2) is 35.3 Å². The van der Waals surface area contributed by atoms with Crippen LogP contribution in [0.2, 0.25) is 17.3 Å². The predicted octanol–water partition coefficient (Wildman–Crippen LogP) is 10.9. The molecule has 1 unspecified atom stereocenters. The summed E-state index contributed by atoms with van der Waals surface area (Å²) in [5.74, 6) is 5.30. The first-order valence-electron chi connectivity index (χ1n) is 15.9. The molecular weight excluding hydrogens is 840 g/mol. The standard InChI is InChI=1S/C25H22GeNO.C13H21F3O2.Ir/c1-16-13-19-17-9-6-8-12-24(17)28-25(19)20(14-16)23-15-21(26(2,3)4)18-10-5-7-11-22(18)27-23;1-4-9(5-2)11(17)7-12(18)10(6-3)8-13(14,15)16;/h5-13,15H,1-4H3;7,9-10,17H,4-6,8H2,1-3H3;/q-1;;/b;11-7-;. The number of allylic oxidation sites excluding steroid dienone is 2. The molecule has 5 rings (SSSR count). The minimum absolute atomic E-state index is 0. The number of pyridine rings is 1. The van der Waals surface area contributed by atoms with E-state index in [9.17, 15) is 23.1 Å². The zero-order valence-corrected chi connectivity index (χ0v) is 32.5. The number of nitrogens with zero attached hydrogens (tertiary/aromatic N) is 1. The van der Waals surface area contributed by atoms with Crippen LogP contribution < -0.4 is 4.40 Å².